The van der Waals surface area contributed by atoms with Crippen molar-refractivity contribution in [1.82, 2.24) is 10.3 Å². The molecule has 0 saturated heterocycles. The second-order valence-electron chi connectivity index (χ2n) is 9.29. The lowest BCUT2D eigenvalue weighted by Crippen LogP contribution is -2.38. The molecular formula is C28H34Cl3FN2. The van der Waals surface area contributed by atoms with E-state index in [2.05, 4.69) is 31.3 Å². The lowest BCUT2D eigenvalue weighted by molar-refractivity contribution is 0.186. The molecule has 1 aliphatic carbocycles. The van der Waals surface area contributed by atoms with Gasteiger partial charge in [0.2, 0.25) is 0 Å². The number of nitrogens with one attached hydrogen (secondary N) is 1. The van der Waals surface area contributed by atoms with Crippen LogP contribution < -0.4 is 5.32 Å². The summed E-state index contributed by atoms with van der Waals surface area (Å²) >= 11 is 19.0. The zero-order valence-corrected chi connectivity index (χ0v) is 22.3. The Hall–Kier alpha value is -1.39. The van der Waals surface area contributed by atoms with Crippen LogP contribution in [0.25, 0.3) is 0 Å². The van der Waals surface area contributed by atoms with Gasteiger partial charge in [0.1, 0.15) is 6.17 Å². The SMILES string of the molecule is CC/C(=C\C=C/C(C)F)CNCC1C(C)CCC(c2ccc(Cl)cc2Cl)C1c1ccc(Cl)cn1. The standard InChI is InChI=1S/C28H34Cl3FN2/c1-4-20(7-5-6-19(3)32)15-33-17-25-18(2)8-11-24(23-12-9-21(29)14-26(23)31)28(25)27-13-10-22(30)16-34-27/h5-7,9-10,12-14,16,18-19,24-25,28,33H,4,8,11,15,17H2,1-3H3/b6-5-,20-7+. The van der Waals surface area contributed by atoms with Crippen LogP contribution in [0, 0.1) is 11.8 Å². The van der Waals surface area contributed by atoms with Crippen LogP contribution in [0.1, 0.15) is 63.1 Å². The molecule has 3 rings (SSSR count). The Kier molecular flexibility index (Phi) is 10.5. The number of hydrogen-bond donors (Lipinski definition) is 1. The van der Waals surface area contributed by atoms with Crippen LogP contribution >= 0.6 is 34.8 Å². The first-order valence-electron chi connectivity index (χ1n) is 12.1. The van der Waals surface area contributed by atoms with Crippen molar-refractivity contribution in [3.8, 4) is 0 Å². The summed E-state index contributed by atoms with van der Waals surface area (Å²) in [6.45, 7) is 7.63. The number of aromatic nitrogens is 1. The van der Waals surface area contributed by atoms with E-state index in [4.69, 9.17) is 39.8 Å². The summed E-state index contributed by atoms with van der Waals surface area (Å²) in [5.41, 5.74) is 3.42. The number of hydrogen-bond acceptors (Lipinski definition) is 2. The smallest absolute Gasteiger partial charge is 0.116 e. The fourth-order valence-electron chi connectivity index (χ4n) is 5.02. The van der Waals surface area contributed by atoms with Crippen LogP contribution in [-0.2, 0) is 0 Å². The summed E-state index contributed by atoms with van der Waals surface area (Å²) < 4.78 is 13.1. The molecule has 1 fully saturated rings. The minimum atomic E-state index is -0.935. The molecule has 2 aromatic rings. The zero-order chi connectivity index (χ0) is 24.7. The van der Waals surface area contributed by atoms with Crippen LogP contribution in [0.15, 0.2) is 60.3 Å². The van der Waals surface area contributed by atoms with Crippen molar-refractivity contribution in [2.24, 2.45) is 11.8 Å². The van der Waals surface area contributed by atoms with Gasteiger partial charge in [0.05, 0.1) is 5.02 Å². The van der Waals surface area contributed by atoms with Gasteiger partial charge in [-0.2, -0.15) is 0 Å². The quantitative estimate of drug-likeness (QED) is 0.332. The summed E-state index contributed by atoms with van der Waals surface area (Å²) in [5, 5.41) is 5.67. The van der Waals surface area contributed by atoms with Crippen molar-refractivity contribution in [2.75, 3.05) is 13.1 Å². The first-order valence-corrected chi connectivity index (χ1v) is 13.2. The van der Waals surface area contributed by atoms with Crippen LogP contribution in [0.4, 0.5) is 4.39 Å². The molecule has 2 nitrogen and oxygen atoms in total. The predicted molar refractivity (Wildman–Crippen MR) is 144 cm³/mol. The number of rotatable bonds is 9. The fourth-order valence-corrected chi connectivity index (χ4v) is 5.68. The maximum Gasteiger partial charge on any atom is 0.116 e. The number of benzene rings is 1. The van der Waals surface area contributed by atoms with Gasteiger partial charge in [0.25, 0.3) is 0 Å². The molecule has 1 aromatic heterocycles. The van der Waals surface area contributed by atoms with Crippen molar-refractivity contribution in [3.63, 3.8) is 0 Å². The van der Waals surface area contributed by atoms with Crippen LogP contribution in [0.2, 0.25) is 15.1 Å². The summed E-state index contributed by atoms with van der Waals surface area (Å²) in [5.74, 6) is 1.35. The molecular weight excluding hydrogens is 490 g/mol. The van der Waals surface area contributed by atoms with Gasteiger partial charge in [-0.1, -0.05) is 78.5 Å². The van der Waals surface area contributed by atoms with Gasteiger partial charge in [0.15, 0.2) is 0 Å². The number of allylic oxidation sites excluding steroid dienone is 3. The van der Waals surface area contributed by atoms with Crippen molar-refractivity contribution < 1.29 is 4.39 Å². The van der Waals surface area contributed by atoms with Crippen LogP contribution in [-0.4, -0.2) is 24.2 Å². The second kappa shape index (κ2) is 13.1. The third-order valence-corrected chi connectivity index (χ3v) is 7.69. The number of nitrogens with zero attached hydrogens (tertiary/aromatic N) is 1. The molecule has 0 bridgehead atoms. The molecule has 34 heavy (non-hydrogen) atoms. The fraction of sp³-hybridized carbons (Fsp3) is 0.464. The van der Waals surface area contributed by atoms with Crippen molar-refractivity contribution >= 4 is 34.8 Å². The lowest BCUT2D eigenvalue weighted by atomic mass is 9.63. The van der Waals surface area contributed by atoms with Gasteiger partial charge < -0.3 is 5.32 Å². The van der Waals surface area contributed by atoms with E-state index in [-0.39, 0.29) is 11.8 Å². The molecule has 1 aliphatic rings. The Bertz CT molecular complexity index is 988. The Morgan fingerprint density at radius 1 is 1.18 bits per heavy atom. The van der Waals surface area contributed by atoms with E-state index in [1.807, 2.05) is 30.4 Å². The van der Waals surface area contributed by atoms with Crippen molar-refractivity contribution in [3.05, 3.63) is 86.7 Å². The molecule has 1 heterocycles. The highest BCUT2D eigenvalue weighted by atomic mass is 35.5. The van der Waals surface area contributed by atoms with Gasteiger partial charge >= 0.3 is 0 Å². The molecule has 0 amide bonds. The third-order valence-electron chi connectivity index (χ3n) is 6.91. The molecule has 5 atom stereocenters. The molecule has 184 valence electrons. The predicted octanol–water partition coefficient (Wildman–Crippen LogP) is 8.80. The van der Waals surface area contributed by atoms with Gasteiger partial charge in [-0.15, -0.1) is 0 Å². The molecule has 1 N–H and O–H groups in total. The molecule has 1 aromatic carbocycles. The Labute approximate surface area is 218 Å². The van der Waals surface area contributed by atoms with Crippen molar-refractivity contribution in [2.45, 2.75) is 58.0 Å². The largest absolute Gasteiger partial charge is 0.313 e. The Morgan fingerprint density at radius 3 is 2.59 bits per heavy atom. The van der Waals surface area contributed by atoms with E-state index in [0.717, 1.165) is 43.6 Å². The van der Waals surface area contributed by atoms with E-state index in [1.54, 1.807) is 12.3 Å². The normalized spacial score (nSPS) is 24.5. The van der Waals surface area contributed by atoms with Gasteiger partial charge in [-0.05, 0) is 80.3 Å². The first kappa shape index (κ1) is 27.2. The van der Waals surface area contributed by atoms with E-state index < -0.39 is 6.17 Å². The maximum atomic E-state index is 13.1. The van der Waals surface area contributed by atoms with Gasteiger partial charge in [-0.25, -0.2) is 4.39 Å². The topological polar surface area (TPSA) is 24.9 Å². The highest BCUT2D eigenvalue weighted by Gasteiger charge is 2.40. The van der Waals surface area contributed by atoms with Crippen molar-refractivity contribution in [1.29, 1.82) is 0 Å². The summed E-state index contributed by atoms with van der Waals surface area (Å²) in [7, 11) is 0. The highest BCUT2D eigenvalue weighted by Crippen LogP contribution is 2.50. The number of halogens is 4. The molecule has 0 radical (unpaired) electrons. The third kappa shape index (κ3) is 7.31. The summed E-state index contributed by atoms with van der Waals surface area (Å²) in [6, 6.07) is 9.79. The van der Waals surface area contributed by atoms with E-state index in [9.17, 15) is 4.39 Å². The lowest BCUT2D eigenvalue weighted by Gasteiger charge is -2.42. The molecule has 5 unspecified atom stereocenters. The van der Waals surface area contributed by atoms with Gasteiger partial charge in [-0.3, -0.25) is 4.98 Å². The monoisotopic (exact) mass is 522 g/mol. The molecule has 6 heteroatoms. The van der Waals surface area contributed by atoms with Crippen LogP contribution in [0.3, 0.4) is 0 Å². The Morgan fingerprint density at radius 2 is 1.94 bits per heavy atom. The van der Waals surface area contributed by atoms with Gasteiger partial charge in [0, 0.05) is 34.4 Å². The minimum Gasteiger partial charge on any atom is -0.313 e. The highest BCUT2D eigenvalue weighted by molar-refractivity contribution is 6.35. The number of alkyl halides is 1. The number of pyridine rings is 1. The molecule has 0 aliphatic heterocycles. The van der Waals surface area contributed by atoms with E-state index in [1.165, 1.54) is 12.5 Å². The first-order chi connectivity index (χ1) is 16.3. The summed E-state index contributed by atoms with van der Waals surface area (Å²) in [6.07, 6.45) is 9.28. The molecule has 1 saturated carbocycles. The average Bonchev–Trinajstić information content (AvgIpc) is 2.79. The molecule has 0 spiro atoms. The minimum absolute atomic E-state index is 0.202. The van der Waals surface area contributed by atoms with E-state index in [0.29, 0.717) is 26.9 Å². The Balaban J connectivity index is 1.86. The second-order valence-corrected chi connectivity index (χ2v) is 10.6. The maximum absolute atomic E-state index is 13.1. The van der Waals surface area contributed by atoms with Crippen LogP contribution in [0.5, 0.6) is 0 Å². The average molecular weight is 524 g/mol. The zero-order valence-electron chi connectivity index (χ0n) is 20.1. The summed E-state index contributed by atoms with van der Waals surface area (Å²) in [4.78, 5) is 4.74. The van der Waals surface area contributed by atoms with E-state index >= 15 is 0 Å².